The first-order valence-electron chi connectivity index (χ1n) is 46.4. The van der Waals surface area contributed by atoms with Crippen molar-refractivity contribution in [3.05, 3.63) is 0 Å². The summed E-state index contributed by atoms with van der Waals surface area (Å²) in [5.74, 6) is 0.283. The quantitative estimate of drug-likeness (QED) is 0.0222. The number of ether oxygens (including phenoxy) is 4. The molecule has 3 unspecified atom stereocenters. The van der Waals surface area contributed by atoms with E-state index in [9.17, 15) is 43.2 Å². The molecule has 648 valence electrons. The van der Waals surface area contributed by atoms with Crippen molar-refractivity contribution in [1.82, 2.24) is 0 Å². The molecule has 0 aliphatic rings. The third-order valence-corrected chi connectivity index (χ3v) is 23.4. The minimum absolute atomic E-state index is 0.107. The van der Waals surface area contributed by atoms with E-state index < -0.39 is 97.5 Å². The van der Waals surface area contributed by atoms with Gasteiger partial charge in [-0.2, -0.15) is 0 Å². The number of aliphatic hydroxyl groups excluding tert-OH is 1. The zero-order valence-electron chi connectivity index (χ0n) is 72.0. The molecule has 0 aromatic rings. The highest BCUT2D eigenvalue weighted by Crippen LogP contribution is 2.45. The second-order valence-corrected chi connectivity index (χ2v) is 36.4. The first kappa shape index (κ1) is 107. The molecular formula is C90H176O17P2. The molecule has 0 aromatic heterocycles. The second-order valence-electron chi connectivity index (χ2n) is 33.5. The molecule has 0 aliphatic heterocycles. The van der Waals surface area contributed by atoms with E-state index in [1.165, 1.54) is 289 Å². The van der Waals surface area contributed by atoms with Crippen LogP contribution in [0.25, 0.3) is 0 Å². The van der Waals surface area contributed by atoms with Crippen molar-refractivity contribution in [3.8, 4) is 0 Å². The third kappa shape index (κ3) is 82.4. The summed E-state index contributed by atoms with van der Waals surface area (Å²) in [6, 6.07) is 0. The lowest BCUT2D eigenvalue weighted by atomic mass is 9.99. The van der Waals surface area contributed by atoms with Gasteiger partial charge in [-0.1, -0.05) is 427 Å². The van der Waals surface area contributed by atoms with Gasteiger partial charge in [0.15, 0.2) is 12.2 Å². The number of phosphoric acid groups is 2. The van der Waals surface area contributed by atoms with Crippen molar-refractivity contribution < 1.29 is 80.2 Å². The fourth-order valence-corrected chi connectivity index (χ4v) is 15.6. The monoisotopic (exact) mass is 1590 g/mol. The summed E-state index contributed by atoms with van der Waals surface area (Å²) in [6.07, 6.45) is 72.3. The van der Waals surface area contributed by atoms with E-state index >= 15 is 0 Å². The van der Waals surface area contributed by atoms with E-state index in [1.54, 1.807) is 0 Å². The van der Waals surface area contributed by atoms with Crippen LogP contribution in [0.4, 0.5) is 0 Å². The molecule has 0 saturated heterocycles. The van der Waals surface area contributed by atoms with Gasteiger partial charge in [0, 0.05) is 25.7 Å². The molecule has 0 radical (unpaired) electrons. The SMILES string of the molecule is CCCCCCCCCCCCCCCCCCCCCCC(=O)OC[C@H](COP(=O)(O)OC[C@@H](O)COP(=O)(O)OC[C@@H](COC(=O)CCCCCCCCCCC(C)C)OC(=O)CCCCCCCCCCCCCCCC(C)C)OC(=O)CCCCCCCCCCCCCCCCCCCCC(C)CC. The lowest BCUT2D eigenvalue weighted by Gasteiger charge is -2.21. The van der Waals surface area contributed by atoms with Gasteiger partial charge in [0.05, 0.1) is 26.4 Å². The summed E-state index contributed by atoms with van der Waals surface area (Å²) in [5, 5.41) is 10.7. The van der Waals surface area contributed by atoms with Crippen LogP contribution in [-0.2, 0) is 65.4 Å². The Morgan fingerprint density at radius 3 is 0.697 bits per heavy atom. The number of hydrogen-bond acceptors (Lipinski definition) is 15. The number of phosphoric ester groups is 2. The fraction of sp³-hybridized carbons (Fsp3) is 0.956. The van der Waals surface area contributed by atoms with Crippen molar-refractivity contribution in [3.63, 3.8) is 0 Å². The molecular weight excluding hydrogens is 1410 g/mol. The van der Waals surface area contributed by atoms with Crippen molar-refractivity contribution in [2.75, 3.05) is 39.6 Å². The van der Waals surface area contributed by atoms with Crippen LogP contribution < -0.4 is 0 Å². The predicted molar refractivity (Wildman–Crippen MR) is 451 cm³/mol. The van der Waals surface area contributed by atoms with E-state index in [0.717, 1.165) is 108 Å². The zero-order valence-corrected chi connectivity index (χ0v) is 73.8. The highest BCUT2D eigenvalue weighted by atomic mass is 31.2. The number of esters is 4. The molecule has 0 heterocycles. The van der Waals surface area contributed by atoms with Gasteiger partial charge in [0.1, 0.15) is 19.3 Å². The molecule has 0 saturated carbocycles. The van der Waals surface area contributed by atoms with Gasteiger partial charge in [-0.25, -0.2) is 9.13 Å². The number of unbranched alkanes of at least 4 members (excludes halogenated alkanes) is 55. The van der Waals surface area contributed by atoms with E-state index in [4.69, 9.17) is 37.0 Å². The van der Waals surface area contributed by atoms with Crippen LogP contribution in [0.3, 0.4) is 0 Å². The minimum atomic E-state index is -4.97. The summed E-state index contributed by atoms with van der Waals surface area (Å²) in [5.41, 5.74) is 0. The molecule has 0 aliphatic carbocycles. The van der Waals surface area contributed by atoms with Crippen LogP contribution in [0.15, 0.2) is 0 Å². The fourth-order valence-electron chi connectivity index (χ4n) is 14.0. The maximum Gasteiger partial charge on any atom is 0.472 e. The molecule has 0 bridgehead atoms. The van der Waals surface area contributed by atoms with E-state index in [-0.39, 0.29) is 25.7 Å². The Balaban J connectivity index is 5.23. The number of rotatable bonds is 88. The Labute approximate surface area is 670 Å². The Kier molecular flexibility index (Phi) is 78.5. The Bertz CT molecular complexity index is 2100. The third-order valence-electron chi connectivity index (χ3n) is 21.5. The largest absolute Gasteiger partial charge is 0.472 e. The minimum Gasteiger partial charge on any atom is -0.462 e. The van der Waals surface area contributed by atoms with Crippen LogP contribution in [-0.4, -0.2) is 96.7 Å². The summed E-state index contributed by atoms with van der Waals surface area (Å²) >= 11 is 0. The molecule has 0 aromatic carbocycles. The number of carbonyl (C=O) groups is 4. The van der Waals surface area contributed by atoms with Crippen molar-refractivity contribution in [1.29, 1.82) is 0 Å². The normalized spacial score (nSPS) is 14.1. The van der Waals surface area contributed by atoms with E-state index in [0.29, 0.717) is 25.7 Å². The molecule has 6 atom stereocenters. The molecule has 3 N–H and O–H groups in total. The maximum atomic E-state index is 13.2. The van der Waals surface area contributed by atoms with Gasteiger partial charge in [-0.15, -0.1) is 0 Å². The second kappa shape index (κ2) is 79.9. The molecule has 0 rings (SSSR count). The van der Waals surface area contributed by atoms with Crippen LogP contribution in [0.2, 0.25) is 0 Å². The van der Waals surface area contributed by atoms with Crippen LogP contribution in [0, 0.1) is 17.8 Å². The lowest BCUT2D eigenvalue weighted by Crippen LogP contribution is -2.30. The Morgan fingerprint density at radius 2 is 0.468 bits per heavy atom. The van der Waals surface area contributed by atoms with E-state index in [2.05, 4.69) is 48.5 Å². The lowest BCUT2D eigenvalue weighted by molar-refractivity contribution is -0.161. The predicted octanol–water partition coefficient (Wildman–Crippen LogP) is 27.6. The summed E-state index contributed by atoms with van der Waals surface area (Å²) in [6.45, 7) is 12.0. The summed E-state index contributed by atoms with van der Waals surface area (Å²) < 4.78 is 69.0. The smallest absolute Gasteiger partial charge is 0.462 e. The van der Waals surface area contributed by atoms with Gasteiger partial charge in [-0.05, 0) is 43.4 Å². The topological polar surface area (TPSA) is 237 Å². The Hall–Kier alpha value is -1.94. The van der Waals surface area contributed by atoms with Gasteiger partial charge in [-0.3, -0.25) is 37.3 Å². The average Bonchev–Trinajstić information content (AvgIpc) is 0.901. The van der Waals surface area contributed by atoms with Crippen molar-refractivity contribution >= 4 is 39.5 Å². The highest BCUT2D eigenvalue weighted by Gasteiger charge is 2.31. The van der Waals surface area contributed by atoms with Crippen molar-refractivity contribution in [2.24, 2.45) is 17.8 Å². The zero-order chi connectivity index (χ0) is 80.0. The van der Waals surface area contributed by atoms with Gasteiger partial charge in [0.25, 0.3) is 0 Å². The molecule has 0 fully saturated rings. The number of aliphatic hydroxyl groups is 1. The maximum absolute atomic E-state index is 13.2. The first-order chi connectivity index (χ1) is 52.8. The van der Waals surface area contributed by atoms with Gasteiger partial charge in [0.2, 0.25) is 0 Å². The molecule has 19 heteroatoms. The highest BCUT2D eigenvalue weighted by molar-refractivity contribution is 7.47. The summed E-state index contributed by atoms with van der Waals surface area (Å²) in [7, 11) is -9.93. The molecule has 17 nitrogen and oxygen atoms in total. The molecule has 0 amide bonds. The first-order valence-corrected chi connectivity index (χ1v) is 49.4. The summed E-state index contributed by atoms with van der Waals surface area (Å²) in [4.78, 5) is 73.4. The Morgan fingerprint density at radius 1 is 0.266 bits per heavy atom. The molecule has 0 spiro atoms. The standard InChI is InChI=1S/C90H176O17P2/c1-8-10-11-12-13-14-15-16-17-18-19-20-24-27-32-37-42-50-57-64-71-87(92)100-77-85(106-89(94)73-66-59-52-43-38-33-28-25-22-21-23-26-31-36-41-49-56-63-70-83(7)9-2)79-104-108(96,97)102-75-84(91)76-103-109(98,99)105-80-86(78-101-88(93)72-65-58-51-46-45-48-55-62-69-82(5)6)107-90(95)74-67-60-53-44-39-34-29-30-35-40-47-54-61-68-81(3)4/h81-86,91H,8-80H2,1-7H3,(H,96,97)(H,98,99)/t83?,84-,85-,86-/m1/s1. The molecule has 109 heavy (non-hydrogen) atoms. The van der Waals surface area contributed by atoms with Crippen LogP contribution in [0.5, 0.6) is 0 Å². The number of carbonyl (C=O) groups excluding carboxylic acids is 4. The van der Waals surface area contributed by atoms with E-state index in [1.807, 2.05) is 0 Å². The number of hydrogen-bond donors (Lipinski definition) is 3. The van der Waals surface area contributed by atoms with Crippen LogP contribution in [0.1, 0.15) is 479 Å². The van der Waals surface area contributed by atoms with Crippen LogP contribution >= 0.6 is 15.6 Å². The average molecular weight is 1590 g/mol. The van der Waals surface area contributed by atoms with Gasteiger partial charge >= 0.3 is 39.5 Å². The van der Waals surface area contributed by atoms with Crippen molar-refractivity contribution in [2.45, 2.75) is 497 Å². The van der Waals surface area contributed by atoms with Gasteiger partial charge < -0.3 is 33.8 Å².